The number of carbonyl (C=O) groups excluding carboxylic acids is 2. The summed E-state index contributed by atoms with van der Waals surface area (Å²) in [7, 11) is 1.34. The Labute approximate surface area is 115 Å². The number of hydrogen-bond acceptors (Lipinski definition) is 5. The number of methoxy groups -OCH3 is 1. The van der Waals surface area contributed by atoms with E-state index in [1.807, 2.05) is 13.8 Å². The zero-order valence-corrected chi connectivity index (χ0v) is 12.9. The second-order valence-corrected chi connectivity index (χ2v) is 6.14. The summed E-state index contributed by atoms with van der Waals surface area (Å²) in [5.41, 5.74) is -1.07. The molecule has 6 nitrogen and oxygen atoms in total. The number of esters is 1. The Morgan fingerprint density at radius 3 is 2.11 bits per heavy atom. The van der Waals surface area contributed by atoms with Crippen molar-refractivity contribution in [3.63, 3.8) is 0 Å². The lowest BCUT2D eigenvalue weighted by atomic mass is 10.1. The van der Waals surface area contributed by atoms with Gasteiger partial charge < -0.3 is 20.1 Å². The topological polar surface area (TPSA) is 76.7 Å². The summed E-state index contributed by atoms with van der Waals surface area (Å²) in [6, 6.07) is -0.426. The molecule has 112 valence electrons. The van der Waals surface area contributed by atoms with Gasteiger partial charge in [-0.2, -0.15) is 0 Å². The molecule has 1 unspecified atom stereocenters. The molecule has 0 fully saturated rings. The molecule has 2 N–H and O–H groups in total. The minimum atomic E-state index is -0.537. The van der Waals surface area contributed by atoms with Gasteiger partial charge in [-0.05, 0) is 41.5 Å². The highest BCUT2D eigenvalue weighted by atomic mass is 16.6. The normalized spacial score (nSPS) is 13.6. The molecule has 1 amide bonds. The van der Waals surface area contributed by atoms with Gasteiger partial charge in [-0.15, -0.1) is 0 Å². The van der Waals surface area contributed by atoms with Gasteiger partial charge in [-0.3, -0.25) is 4.79 Å². The summed E-state index contributed by atoms with van der Waals surface area (Å²) in [5, 5.41) is 5.75. The van der Waals surface area contributed by atoms with Gasteiger partial charge in [-0.1, -0.05) is 0 Å². The summed E-state index contributed by atoms with van der Waals surface area (Å²) >= 11 is 0. The van der Waals surface area contributed by atoms with Crippen LogP contribution in [0.3, 0.4) is 0 Å². The Hall–Kier alpha value is -1.30. The molecule has 0 aromatic carbocycles. The Bertz CT molecular complexity index is 321. The van der Waals surface area contributed by atoms with Crippen LogP contribution in [-0.4, -0.2) is 42.9 Å². The highest BCUT2D eigenvalue weighted by Crippen LogP contribution is 2.09. The lowest BCUT2D eigenvalue weighted by molar-refractivity contribution is -0.142. The molecule has 0 radical (unpaired) electrons. The van der Waals surface area contributed by atoms with Gasteiger partial charge in [0, 0.05) is 6.54 Å². The summed E-state index contributed by atoms with van der Waals surface area (Å²) in [6.45, 7) is 11.2. The van der Waals surface area contributed by atoms with Crippen molar-refractivity contribution in [2.75, 3.05) is 13.7 Å². The number of hydrogen-bond donors (Lipinski definition) is 2. The van der Waals surface area contributed by atoms with Gasteiger partial charge in [0.2, 0.25) is 0 Å². The smallest absolute Gasteiger partial charge is 0.408 e. The van der Waals surface area contributed by atoms with Gasteiger partial charge in [0.05, 0.1) is 12.6 Å². The van der Waals surface area contributed by atoms with Crippen LogP contribution in [0.15, 0.2) is 0 Å². The fraction of sp³-hybridized carbons (Fsp3) is 0.846. The van der Waals surface area contributed by atoms with Crippen LogP contribution in [0, 0.1) is 0 Å². The maximum Gasteiger partial charge on any atom is 0.408 e. The molecule has 0 bridgehead atoms. The van der Waals surface area contributed by atoms with Crippen molar-refractivity contribution >= 4 is 12.1 Å². The zero-order valence-electron chi connectivity index (χ0n) is 12.9. The van der Waals surface area contributed by atoms with Crippen LogP contribution in [0.4, 0.5) is 4.79 Å². The van der Waals surface area contributed by atoms with Gasteiger partial charge in [0.15, 0.2) is 0 Å². The third kappa shape index (κ3) is 8.42. The van der Waals surface area contributed by atoms with Gasteiger partial charge in [0.25, 0.3) is 0 Å². The number of alkyl carbamates (subject to hydrolysis) is 1. The molecule has 0 saturated carbocycles. The molecule has 0 aromatic rings. The van der Waals surface area contributed by atoms with Crippen molar-refractivity contribution in [3.8, 4) is 0 Å². The van der Waals surface area contributed by atoms with Gasteiger partial charge in [-0.25, -0.2) is 4.79 Å². The lowest BCUT2D eigenvalue weighted by Gasteiger charge is -2.29. The first-order valence-corrected chi connectivity index (χ1v) is 6.29. The molecule has 6 heteroatoms. The Kier molecular flexibility index (Phi) is 6.29. The van der Waals surface area contributed by atoms with E-state index in [-0.39, 0.29) is 5.97 Å². The first kappa shape index (κ1) is 17.7. The van der Waals surface area contributed by atoms with Crippen LogP contribution < -0.4 is 10.6 Å². The average molecular weight is 274 g/mol. The molecule has 0 spiro atoms. The fourth-order valence-corrected chi connectivity index (χ4v) is 1.29. The lowest BCUT2D eigenvalue weighted by Crippen LogP contribution is -2.53. The third-order valence-electron chi connectivity index (χ3n) is 2.24. The zero-order chi connectivity index (χ0) is 15.3. The Morgan fingerprint density at radius 2 is 1.68 bits per heavy atom. The molecule has 0 rings (SSSR count). The molecule has 1 atom stereocenters. The monoisotopic (exact) mass is 274 g/mol. The maximum atomic E-state index is 11.7. The van der Waals surface area contributed by atoms with Crippen molar-refractivity contribution in [2.24, 2.45) is 0 Å². The number of amides is 1. The fourth-order valence-electron chi connectivity index (χ4n) is 1.29. The molecule has 0 aliphatic carbocycles. The summed E-state index contributed by atoms with van der Waals surface area (Å²) < 4.78 is 9.79. The first-order chi connectivity index (χ1) is 8.47. The standard InChI is InChI=1S/C13H26N2O4/c1-9(10(16)18-7)14-8-13(5,6)15-11(17)19-12(2,3)4/h9,14H,8H2,1-7H3,(H,15,17). The Morgan fingerprint density at radius 1 is 1.16 bits per heavy atom. The van der Waals surface area contributed by atoms with Crippen LogP contribution in [0.1, 0.15) is 41.5 Å². The highest BCUT2D eigenvalue weighted by Gasteiger charge is 2.25. The van der Waals surface area contributed by atoms with E-state index >= 15 is 0 Å². The maximum absolute atomic E-state index is 11.7. The van der Waals surface area contributed by atoms with Crippen molar-refractivity contribution in [2.45, 2.75) is 58.7 Å². The number of carbonyl (C=O) groups is 2. The minimum Gasteiger partial charge on any atom is -0.468 e. The van der Waals surface area contributed by atoms with E-state index in [0.29, 0.717) is 6.54 Å². The van der Waals surface area contributed by atoms with E-state index in [9.17, 15) is 9.59 Å². The Balaban J connectivity index is 4.25. The van der Waals surface area contributed by atoms with Crippen LogP contribution in [0.5, 0.6) is 0 Å². The number of nitrogens with one attached hydrogen (secondary N) is 2. The van der Waals surface area contributed by atoms with Crippen molar-refractivity contribution in [1.82, 2.24) is 10.6 Å². The third-order valence-corrected chi connectivity index (χ3v) is 2.24. The largest absolute Gasteiger partial charge is 0.468 e. The van der Waals surface area contributed by atoms with Crippen LogP contribution >= 0.6 is 0 Å². The molecule has 19 heavy (non-hydrogen) atoms. The van der Waals surface area contributed by atoms with Crippen LogP contribution in [0.25, 0.3) is 0 Å². The van der Waals surface area contributed by atoms with Crippen molar-refractivity contribution < 1.29 is 19.1 Å². The van der Waals surface area contributed by atoms with E-state index in [2.05, 4.69) is 15.4 Å². The van der Waals surface area contributed by atoms with E-state index in [1.165, 1.54) is 7.11 Å². The predicted octanol–water partition coefficient (Wildman–Crippen LogP) is 1.44. The number of rotatable bonds is 5. The van der Waals surface area contributed by atoms with Crippen LogP contribution in [0.2, 0.25) is 0 Å². The van der Waals surface area contributed by atoms with E-state index in [1.54, 1.807) is 27.7 Å². The second-order valence-electron chi connectivity index (χ2n) is 6.14. The number of ether oxygens (including phenoxy) is 2. The SMILES string of the molecule is COC(=O)C(C)NCC(C)(C)NC(=O)OC(C)(C)C. The molecular formula is C13H26N2O4. The summed E-state index contributed by atoms with van der Waals surface area (Å²) in [4.78, 5) is 22.9. The van der Waals surface area contributed by atoms with Crippen LogP contribution in [-0.2, 0) is 14.3 Å². The quantitative estimate of drug-likeness (QED) is 0.742. The summed E-state index contributed by atoms with van der Waals surface area (Å²) in [5.74, 6) is -0.340. The summed E-state index contributed by atoms with van der Waals surface area (Å²) in [6.07, 6.45) is -0.481. The van der Waals surface area contributed by atoms with Crippen molar-refractivity contribution in [3.05, 3.63) is 0 Å². The molecule has 0 aromatic heterocycles. The van der Waals surface area contributed by atoms with Gasteiger partial charge >= 0.3 is 12.1 Å². The van der Waals surface area contributed by atoms with E-state index in [4.69, 9.17) is 4.74 Å². The molecule has 0 aliphatic heterocycles. The van der Waals surface area contributed by atoms with E-state index < -0.39 is 23.3 Å². The molecule has 0 heterocycles. The average Bonchev–Trinajstić information content (AvgIpc) is 2.21. The molecule has 0 aliphatic rings. The highest BCUT2D eigenvalue weighted by molar-refractivity contribution is 5.75. The second kappa shape index (κ2) is 6.75. The van der Waals surface area contributed by atoms with Gasteiger partial charge in [0.1, 0.15) is 11.6 Å². The first-order valence-electron chi connectivity index (χ1n) is 6.29. The molecular weight excluding hydrogens is 248 g/mol. The molecule has 0 saturated heterocycles. The van der Waals surface area contributed by atoms with E-state index in [0.717, 1.165) is 0 Å². The van der Waals surface area contributed by atoms with Crippen molar-refractivity contribution in [1.29, 1.82) is 0 Å². The minimum absolute atomic E-state index is 0.340. The predicted molar refractivity (Wildman–Crippen MR) is 72.9 cm³/mol.